The van der Waals surface area contributed by atoms with Crippen molar-refractivity contribution in [1.29, 1.82) is 0 Å². The van der Waals surface area contributed by atoms with Crippen molar-refractivity contribution in [3.05, 3.63) is 29.8 Å². The summed E-state index contributed by atoms with van der Waals surface area (Å²) in [6.07, 6.45) is 2.61. The Balaban J connectivity index is 1.87. The lowest BCUT2D eigenvalue weighted by molar-refractivity contribution is 0.185. The monoisotopic (exact) mass is 276 g/mol. The standard InChI is InChI=1S/C17H28N2O/c1-13(15-5-7-17(20-4)8-6-15)18-14(2)16-9-11-19(3)12-10-16/h5-8,13-14,16,18H,9-12H2,1-4H3. The van der Waals surface area contributed by atoms with E-state index in [1.165, 1.54) is 31.5 Å². The number of piperidine rings is 1. The summed E-state index contributed by atoms with van der Waals surface area (Å²) in [7, 11) is 3.92. The highest BCUT2D eigenvalue weighted by Gasteiger charge is 2.23. The zero-order valence-corrected chi connectivity index (χ0v) is 13.2. The molecular weight excluding hydrogens is 248 g/mol. The molecule has 2 unspecified atom stereocenters. The highest BCUT2D eigenvalue weighted by atomic mass is 16.5. The van der Waals surface area contributed by atoms with Gasteiger partial charge in [0.25, 0.3) is 0 Å². The predicted molar refractivity (Wildman–Crippen MR) is 84.2 cm³/mol. The van der Waals surface area contributed by atoms with Crippen molar-refractivity contribution in [2.75, 3.05) is 27.2 Å². The van der Waals surface area contributed by atoms with E-state index >= 15 is 0 Å². The number of nitrogens with one attached hydrogen (secondary N) is 1. The van der Waals surface area contributed by atoms with E-state index in [2.05, 4.69) is 43.2 Å². The van der Waals surface area contributed by atoms with E-state index < -0.39 is 0 Å². The van der Waals surface area contributed by atoms with Crippen LogP contribution in [0, 0.1) is 5.92 Å². The highest BCUT2D eigenvalue weighted by molar-refractivity contribution is 5.28. The van der Waals surface area contributed by atoms with Gasteiger partial charge in [0.15, 0.2) is 0 Å². The van der Waals surface area contributed by atoms with E-state index in [0.717, 1.165) is 11.7 Å². The predicted octanol–water partition coefficient (Wildman–Crippen LogP) is 3.08. The molecule has 112 valence electrons. The molecule has 2 rings (SSSR count). The van der Waals surface area contributed by atoms with Crippen LogP contribution in [-0.2, 0) is 0 Å². The molecule has 2 atom stereocenters. The molecule has 1 heterocycles. The fourth-order valence-electron chi connectivity index (χ4n) is 3.05. The van der Waals surface area contributed by atoms with Crippen molar-refractivity contribution in [1.82, 2.24) is 10.2 Å². The van der Waals surface area contributed by atoms with Crippen LogP contribution in [0.4, 0.5) is 0 Å². The summed E-state index contributed by atoms with van der Waals surface area (Å²) in [5.74, 6) is 1.72. The molecule has 0 saturated carbocycles. The minimum atomic E-state index is 0.385. The van der Waals surface area contributed by atoms with Crippen LogP contribution in [0.25, 0.3) is 0 Å². The van der Waals surface area contributed by atoms with Gasteiger partial charge in [0, 0.05) is 12.1 Å². The molecule has 1 N–H and O–H groups in total. The first-order chi connectivity index (χ1) is 9.60. The second kappa shape index (κ2) is 7.09. The van der Waals surface area contributed by atoms with Gasteiger partial charge >= 0.3 is 0 Å². The Hall–Kier alpha value is -1.06. The molecule has 0 amide bonds. The molecule has 3 nitrogen and oxygen atoms in total. The fraction of sp³-hybridized carbons (Fsp3) is 0.647. The first kappa shape index (κ1) is 15.3. The molecule has 0 aromatic heterocycles. The van der Waals surface area contributed by atoms with Crippen LogP contribution in [0.3, 0.4) is 0 Å². The molecule has 1 aromatic carbocycles. The average molecular weight is 276 g/mol. The van der Waals surface area contributed by atoms with Crippen molar-refractivity contribution < 1.29 is 4.74 Å². The van der Waals surface area contributed by atoms with Crippen molar-refractivity contribution in [2.24, 2.45) is 5.92 Å². The molecule has 1 fully saturated rings. The van der Waals surface area contributed by atoms with E-state index in [4.69, 9.17) is 4.74 Å². The molecular formula is C17H28N2O. The molecule has 20 heavy (non-hydrogen) atoms. The van der Waals surface area contributed by atoms with E-state index in [9.17, 15) is 0 Å². The number of methoxy groups -OCH3 is 1. The van der Waals surface area contributed by atoms with Crippen LogP contribution in [-0.4, -0.2) is 38.2 Å². The molecule has 0 radical (unpaired) electrons. The number of rotatable bonds is 5. The summed E-state index contributed by atoms with van der Waals surface area (Å²) in [5.41, 5.74) is 1.32. The smallest absolute Gasteiger partial charge is 0.118 e. The van der Waals surface area contributed by atoms with Gasteiger partial charge < -0.3 is 15.0 Å². The Morgan fingerprint density at radius 3 is 2.30 bits per heavy atom. The van der Waals surface area contributed by atoms with Gasteiger partial charge in [-0.1, -0.05) is 12.1 Å². The number of hydrogen-bond donors (Lipinski definition) is 1. The van der Waals surface area contributed by atoms with E-state index in [1.807, 2.05) is 12.1 Å². The lowest BCUT2D eigenvalue weighted by Gasteiger charge is -2.34. The number of likely N-dealkylation sites (tertiary alicyclic amines) is 1. The fourth-order valence-corrected chi connectivity index (χ4v) is 3.05. The number of ether oxygens (including phenoxy) is 1. The van der Waals surface area contributed by atoms with Crippen LogP contribution in [0.15, 0.2) is 24.3 Å². The summed E-state index contributed by atoms with van der Waals surface area (Å²) in [4.78, 5) is 2.43. The van der Waals surface area contributed by atoms with E-state index in [0.29, 0.717) is 12.1 Å². The summed E-state index contributed by atoms with van der Waals surface area (Å²) in [6, 6.07) is 9.33. The molecule has 3 heteroatoms. The Morgan fingerprint density at radius 1 is 1.15 bits per heavy atom. The number of nitrogens with zero attached hydrogens (tertiary/aromatic N) is 1. The van der Waals surface area contributed by atoms with Gasteiger partial charge in [0.2, 0.25) is 0 Å². The summed E-state index contributed by atoms with van der Waals surface area (Å²) in [5, 5.41) is 3.76. The van der Waals surface area contributed by atoms with Gasteiger partial charge in [0.05, 0.1) is 7.11 Å². The zero-order chi connectivity index (χ0) is 14.5. The third-order valence-electron chi connectivity index (χ3n) is 4.60. The van der Waals surface area contributed by atoms with Crippen LogP contribution >= 0.6 is 0 Å². The Labute approximate surface area is 123 Å². The maximum atomic E-state index is 5.21. The van der Waals surface area contributed by atoms with Crippen LogP contribution < -0.4 is 10.1 Å². The minimum absolute atomic E-state index is 0.385. The molecule has 0 aliphatic carbocycles. The maximum Gasteiger partial charge on any atom is 0.118 e. The van der Waals surface area contributed by atoms with E-state index in [-0.39, 0.29) is 0 Å². The van der Waals surface area contributed by atoms with Crippen LogP contribution in [0.2, 0.25) is 0 Å². The average Bonchev–Trinajstić information content (AvgIpc) is 2.48. The Bertz CT molecular complexity index is 396. The topological polar surface area (TPSA) is 24.5 Å². The zero-order valence-electron chi connectivity index (χ0n) is 13.2. The summed E-state index contributed by atoms with van der Waals surface area (Å²) in [6.45, 7) is 7.03. The molecule has 1 saturated heterocycles. The summed E-state index contributed by atoms with van der Waals surface area (Å²) < 4.78 is 5.21. The summed E-state index contributed by atoms with van der Waals surface area (Å²) >= 11 is 0. The molecule has 1 aliphatic rings. The number of benzene rings is 1. The van der Waals surface area contributed by atoms with Gasteiger partial charge in [-0.2, -0.15) is 0 Å². The normalized spacial score (nSPS) is 20.6. The van der Waals surface area contributed by atoms with Gasteiger partial charge in [-0.25, -0.2) is 0 Å². The lowest BCUT2D eigenvalue weighted by Crippen LogP contribution is -2.41. The Kier molecular flexibility index (Phi) is 5.44. The molecule has 0 bridgehead atoms. The molecule has 0 spiro atoms. The second-order valence-electron chi connectivity index (χ2n) is 6.09. The van der Waals surface area contributed by atoms with Gasteiger partial charge in [-0.05, 0) is 70.4 Å². The van der Waals surface area contributed by atoms with Gasteiger partial charge in [-0.15, -0.1) is 0 Å². The SMILES string of the molecule is COc1ccc(C(C)NC(C)C2CCN(C)CC2)cc1. The van der Waals surface area contributed by atoms with Crippen molar-refractivity contribution in [2.45, 2.75) is 38.8 Å². The van der Waals surface area contributed by atoms with Crippen molar-refractivity contribution in [3.63, 3.8) is 0 Å². The highest BCUT2D eigenvalue weighted by Crippen LogP contribution is 2.23. The third kappa shape index (κ3) is 3.97. The molecule has 1 aliphatic heterocycles. The maximum absolute atomic E-state index is 5.21. The first-order valence-corrected chi connectivity index (χ1v) is 7.68. The lowest BCUT2D eigenvalue weighted by atomic mass is 9.90. The van der Waals surface area contributed by atoms with Gasteiger partial charge in [-0.3, -0.25) is 0 Å². The molecule has 1 aromatic rings. The van der Waals surface area contributed by atoms with Crippen molar-refractivity contribution in [3.8, 4) is 5.75 Å². The largest absolute Gasteiger partial charge is 0.497 e. The van der Waals surface area contributed by atoms with Crippen molar-refractivity contribution >= 4 is 0 Å². The third-order valence-corrected chi connectivity index (χ3v) is 4.60. The number of hydrogen-bond acceptors (Lipinski definition) is 3. The van der Waals surface area contributed by atoms with Crippen LogP contribution in [0.5, 0.6) is 5.75 Å². The first-order valence-electron chi connectivity index (χ1n) is 7.68. The quantitative estimate of drug-likeness (QED) is 0.894. The Morgan fingerprint density at radius 2 is 1.75 bits per heavy atom. The minimum Gasteiger partial charge on any atom is -0.497 e. The van der Waals surface area contributed by atoms with Crippen LogP contribution in [0.1, 0.15) is 38.3 Å². The second-order valence-corrected chi connectivity index (χ2v) is 6.09. The van der Waals surface area contributed by atoms with E-state index in [1.54, 1.807) is 7.11 Å². The van der Waals surface area contributed by atoms with Gasteiger partial charge in [0.1, 0.15) is 5.75 Å².